The first-order chi connectivity index (χ1) is 11.1. The lowest BCUT2D eigenvalue weighted by molar-refractivity contribution is -0.953. The van der Waals surface area contributed by atoms with E-state index in [9.17, 15) is 4.39 Å². The van der Waals surface area contributed by atoms with Gasteiger partial charge in [0.15, 0.2) is 12.5 Å². The highest BCUT2D eigenvalue weighted by Crippen LogP contribution is 2.20. The highest BCUT2D eigenvalue weighted by molar-refractivity contribution is 7.71. The molecular formula is C17H24FN4S+. The van der Waals surface area contributed by atoms with E-state index in [1.807, 2.05) is 17.8 Å². The zero-order valence-corrected chi connectivity index (χ0v) is 14.6. The number of piperidine rings is 1. The van der Waals surface area contributed by atoms with Crippen LogP contribution in [0.3, 0.4) is 0 Å². The van der Waals surface area contributed by atoms with Gasteiger partial charge in [0.2, 0.25) is 4.77 Å². The third-order valence-corrected chi connectivity index (χ3v) is 5.36. The number of benzene rings is 1. The molecule has 1 aliphatic rings. The number of rotatable bonds is 4. The number of quaternary nitrogens is 1. The molecule has 1 saturated heterocycles. The molecule has 0 spiro atoms. The topological polar surface area (TPSA) is 27.2 Å². The molecule has 1 aliphatic heterocycles. The largest absolute Gasteiger partial charge is 0.314 e. The fourth-order valence-electron chi connectivity index (χ4n) is 3.51. The highest BCUT2D eigenvalue weighted by atomic mass is 32.1. The van der Waals surface area contributed by atoms with Crippen LogP contribution < -0.4 is 4.90 Å². The summed E-state index contributed by atoms with van der Waals surface area (Å²) >= 11 is 5.53. The zero-order chi connectivity index (χ0) is 16.4. The SMILES string of the molecule is CC[C@@H]1CCCC[NH+]1Cn1nc(-c2ccccc2F)n(C)c1=S. The summed E-state index contributed by atoms with van der Waals surface area (Å²) in [5, 5.41) is 4.62. The summed E-state index contributed by atoms with van der Waals surface area (Å²) < 4.78 is 18.4. The lowest BCUT2D eigenvalue weighted by atomic mass is 10.0. The van der Waals surface area contributed by atoms with Crippen molar-refractivity contribution in [3.63, 3.8) is 0 Å². The first-order valence-electron chi connectivity index (χ1n) is 8.35. The Hall–Kier alpha value is -1.53. The van der Waals surface area contributed by atoms with E-state index >= 15 is 0 Å². The molecule has 0 saturated carbocycles. The second-order valence-corrected chi connectivity index (χ2v) is 6.68. The van der Waals surface area contributed by atoms with Crippen LogP contribution in [-0.2, 0) is 13.7 Å². The summed E-state index contributed by atoms with van der Waals surface area (Å²) in [4.78, 5) is 1.54. The van der Waals surface area contributed by atoms with Gasteiger partial charge in [-0.3, -0.25) is 0 Å². The fraction of sp³-hybridized carbons (Fsp3) is 0.529. The van der Waals surface area contributed by atoms with Crippen LogP contribution in [0.5, 0.6) is 0 Å². The normalized spacial score (nSPS) is 21.5. The van der Waals surface area contributed by atoms with Gasteiger partial charge in [-0.1, -0.05) is 19.1 Å². The van der Waals surface area contributed by atoms with Crippen LogP contribution in [0, 0.1) is 10.6 Å². The standard InChI is InChI=1S/C17H23FN4S/c1-3-13-8-6-7-11-21(13)12-22-17(23)20(2)16(19-22)14-9-4-5-10-15(14)18/h4-5,9-10,13H,3,6-8,11-12H2,1-2H3/p+1/t13-/m1/s1. The summed E-state index contributed by atoms with van der Waals surface area (Å²) in [5.41, 5.74) is 0.500. The van der Waals surface area contributed by atoms with Crippen LogP contribution in [0.4, 0.5) is 4.39 Å². The molecule has 23 heavy (non-hydrogen) atoms. The molecule has 2 heterocycles. The van der Waals surface area contributed by atoms with Crippen molar-refractivity contribution in [1.29, 1.82) is 0 Å². The van der Waals surface area contributed by atoms with E-state index in [1.54, 1.807) is 16.7 Å². The predicted molar refractivity (Wildman–Crippen MR) is 91.2 cm³/mol. The van der Waals surface area contributed by atoms with Gasteiger partial charge in [-0.15, -0.1) is 5.10 Å². The van der Waals surface area contributed by atoms with Gasteiger partial charge in [0.1, 0.15) is 5.82 Å². The van der Waals surface area contributed by atoms with E-state index in [-0.39, 0.29) is 5.82 Å². The van der Waals surface area contributed by atoms with Crippen molar-refractivity contribution in [3.8, 4) is 11.4 Å². The van der Waals surface area contributed by atoms with Crippen LogP contribution in [0.15, 0.2) is 24.3 Å². The number of nitrogens with zero attached hydrogens (tertiary/aromatic N) is 3. The molecule has 2 atom stereocenters. The van der Waals surface area contributed by atoms with E-state index < -0.39 is 0 Å². The minimum Gasteiger partial charge on any atom is -0.314 e. The minimum atomic E-state index is -0.264. The maximum absolute atomic E-state index is 14.1. The molecule has 124 valence electrons. The minimum absolute atomic E-state index is 0.264. The van der Waals surface area contributed by atoms with Crippen molar-refractivity contribution in [2.75, 3.05) is 6.54 Å². The van der Waals surface area contributed by atoms with E-state index in [0.29, 0.717) is 22.2 Å². The van der Waals surface area contributed by atoms with Gasteiger partial charge in [0.05, 0.1) is 18.2 Å². The molecule has 1 unspecified atom stereocenters. The number of aromatic nitrogens is 3. The third-order valence-electron chi connectivity index (χ3n) is 4.88. The molecule has 1 N–H and O–H groups in total. The predicted octanol–water partition coefficient (Wildman–Crippen LogP) is 2.56. The molecule has 1 aromatic heterocycles. The van der Waals surface area contributed by atoms with Gasteiger partial charge in [-0.05, 0) is 50.0 Å². The van der Waals surface area contributed by atoms with Gasteiger partial charge in [-0.2, -0.15) is 4.68 Å². The first kappa shape index (κ1) is 16.3. The van der Waals surface area contributed by atoms with Gasteiger partial charge in [0.25, 0.3) is 0 Å². The van der Waals surface area contributed by atoms with Gasteiger partial charge in [-0.25, -0.2) is 4.39 Å². The van der Waals surface area contributed by atoms with Crippen LogP contribution in [-0.4, -0.2) is 26.9 Å². The molecule has 0 radical (unpaired) electrons. The molecule has 0 bridgehead atoms. The maximum Gasteiger partial charge on any atom is 0.202 e. The van der Waals surface area contributed by atoms with E-state index in [0.717, 1.165) is 13.2 Å². The Morgan fingerprint density at radius 2 is 2.13 bits per heavy atom. The Bertz CT molecular complexity index is 736. The Morgan fingerprint density at radius 3 is 2.87 bits per heavy atom. The summed E-state index contributed by atoms with van der Waals surface area (Å²) in [7, 11) is 1.86. The number of hydrogen-bond acceptors (Lipinski definition) is 2. The van der Waals surface area contributed by atoms with Crippen molar-refractivity contribution in [2.45, 2.75) is 45.3 Å². The van der Waals surface area contributed by atoms with Crippen LogP contribution >= 0.6 is 12.2 Å². The summed E-state index contributed by atoms with van der Waals surface area (Å²) in [5.74, 6) is 0.331. The molecule has 3 rings (SSSR count). The molecule has 0 amide bonds. The number of hydrogen-bond donors (Lipinski definition) is 1. The fourth-order valence-corrected chi connectivity index (χ4v) is 3.70. The van der Waals surface area contributed by atoms with E-state index in [2.05, 4.69) is 12.0 Å². The van der Waals surface area contributed by atoms with Crippen molar-refractivity contribution >= 4 is 12.2 Å². The van der Waals surface area contributed by atoms with Crippen molar-refractivity contribution < 1.29 is 9.29 Å². The summed E-state index contributed by atoms with van der Waals surface area (Å²) in [6, 6.07) is 7.39. The summed E-state index contributed by atoms with van der Waals surface area (Å²) in [6.07, 6.45) is 5.02. The van der Waals surface area contributed by atoms with Crippen LogP contribution in [0.25, 0.3) is 11.4 Å². The Balaban J connectivity index is 1.91. The molecule has 1 aromatic carbocycles. The van der Waals surface area contributed by atoms with Crippen LogP contribution in [0.1, 0.15) is 32.6 Å². The second kappa shape index (κ2) is 6.93. The smallest absolute Gasteiger partial charge is 0.202 e. The van der Waals surface area contributed by atoms with Gasteiger partial charge >= 0.3 is 0 Å². The average Bonchev–Trinajstić information content (AvgIpc) is 2.84. The lowest BCUT2D eigenvalue weighted by Crippen LogP contribution is -3.15. The number of halogens is 1. The highest BCUT2D eigenvalue weighted by Gasteiger charge is 2.26. The summed E-state index contributed by atoms with van der Waals surface area (Å²) in [6.45, 7) is 4.17. The Morgan fingerprint density at radius 1 is 1.35 bits per heavy atom. The molecule has 4 nitrogen and oxygen atoms in total. The zero-order valence-electron chi connectivity index (χ0n) is 13.8. The molecule has 2 aromatic rings. The third kappa shape index (κ3) is 3.23. The Labute approximate surface area is 141 Å². The molecule has 6 heteroatoms. The molecular weight excluding hydrogens is 311 g/mol. The van der Waals surface area contributed by atoms with Gasteiger partial charge in [0, 0.05) is 7.05 Å². The van der Waals surface area contributed by atoms with Crippen molar-refractivity contribution in [3.05, 3.63) is 34.9 Å². The number of likely N-dealkylation sites (tertiary alicyclic amines) is 1. The van der Waals surface area contributed by atoms with E-state index in [1.165, 1.54) is 36.6 Å². The quantitative estimate of drug-likeness (QED) is 0.870. The maximum atomic E-state index is 14.1. The number of nitrogens with one attached hydrogen (secondary N) is 1. The lowest BCUT2D eigenvalue weighted by Gasteiger charge is -2.31. The van der Waals surface area contributed by atoms with Crippen LogP contribution in [0.2, 0.25) is 0 Å². The average molecular weight is 335 g/mol. The first-order valence-corrected chi connectivity index (χ1v) is 8.76. The van der Waals surface area contributed by atoms with Crippen molar-refractivity contribution in [2.24, 2.45) is 7.05 Å². The van der Waals surface area contributed by atoms with Crippen molar-refractivity contribution in [1.82, 2.24) is 14.3 Å². The van der Waals surface area contributed by atoms with Gasteiger partial charge < -0.3 is 9.47 Å². The molecule has 0 aliphatic carbocycles. The molecule has 1 fully saturated rings. The second-order valence-electron chi connectivity index (χ2n) is 6.31. The monoisotopic (exact) mass is 335 g/mol. The Kier molecular flexibility index (Phi) is 4.92. The van der Waals surface area contributed by atoms with E-state index in [4.69, 9.17) is 12.2 Å².